The molecule has 0 N–H and O–H groups in total. The molecule has 12 heavy (non-hydrogen) atoms. The van der Waals surface area contributed by atoms with Crippen LogP contribution in [-0.2, 0) is 4.79 Å². The van der Waals surface area contributed by atoms with Crippen molar-refractivity contribution in [1.82, 2.24) is 0 Å². The third kappa shape index (κ3) is 4.33. The molecular formula is C7H10BrNOS2. The second kappa shape index (κ2) is 6.74. The van der Waals surface area contributed by atoms with E-state index in [2.05, 4.69) is 27.6 Å². The lowest BCUT2D eigenvalue weighted by molar-refractivity contribution is -0.112. The number of Topliss-reactive ketones (excluding diaryl/α,β-unsaturated/α-hetero) is 1. The Morgan fingerprint density at radius 3 is 2.58 bits per heavy atom. The fourth-order valence-electron chi connectivity index (χ4n) is 0.496. The molecule has 68 valence electrons. The van der Waals surface area contributed by atoms with Gasteiger partial charge >= 0.3 is 0 Å². The van der Waals surface area contributed by atoms with Gasteiger partial charge in [0.05, 0.1) is 4.91 Å². The lowest BCUT2D eigenvalue weighted by Gasteiger charge is -2.01. The van der Waals surface area contributed by atoms with Crippen LogP contribution >= 0.6 is 39.5 Å². The predicted molar refractivity (Wildman–Crippen MR) is 62.2 cm³/mol. The highest BCUT2D eigenvalue weighted by Gasteiger charge is 2.08. The summed E-state index contributed by atoms with van der Waals surface area (Å²) in [4.78, 5) is 15.3. The molecule has 0 heterocycles. The van der Waals surface area contributed by atoms with Gasteiger partial charge in [-0.1, -0.05) is 0 Å². The van der Waals surface area contributed by atoms with Gasteiger partial charge in [0.25, 0.3) is 0 Å². The third-order valence-electron chi connectivity index (χ3n) is 0.967. The Hall–Kier alpha value is 0.260. The number of halogens is 1. The normalized spacial score (nSPS) is 12.2. The molecule has 0 aromatic heterocycles. The predicted octanol–water partition coefficient (Wildman–Crippen LogP) is 2.89. The van der Waals surface area contributed by atoms with Crippen LogP contribution in [0.15, 0.2) is 14.5 Å². The molecule has 0 aliphatic heterocycles. The first kappa shape index (κ1) is 12.3. The van der Waals surface area contributed by atoms with E-state index in [1.54, 1.807) is 11.8 Å². The van der Waals surface area contributed by atoms with Crippen LogP contribution in [0.5, 0.6) is 0 Å². The molecule has 0 aromatic carbocycles. The van der Waals surface area contributed by atoms with Crippen LogP contribution in [0.1, 0.15) is 6.92 Å². The number of aliphatic imine (C=N–C) groups is 1. The van der Waals surface area contributed by atoms with Crippen molar-refractivity contribution in [3.05, 3.63) is 9.51 Å². The zero-order valence-corrected chi connectivity index (χ0v) is 10.2. The van der Waals surface area contributed by atoms with Gasteiger partial charge in [-0.3, -0.25) is 9.79 Å². The molecule has 0 radical (unpaired) electrons. The number of ketones is 1. The molecule has 0 fully saturated rings. The summed E-state index contributed by atoms with van der Waals surface area (Å²) < 4.78 is 0.536. The number of thioether (sulfide) groups is 2. The zero-order chi connectivity index (χ0) is 9.56. The van der Waals surface area contributed by atoms with Crippen molar-refractivity contribution in [2.24, 2.45) is 4.99 Å². The number of hydrogen-bond acceptors (Lipinski definition) is 4. The first-order valence-electron chi connectivity index (χ1n) is 3.12. The van der Waals surface area contributed by atoms with Crippen LogP contribution in [0.4, 0.5) is 0 Å². The van der Waals surface area contributed by atoms with Gasteiger partial charge in [0.2, 0.25) is 0 Å². The Morgan fingerprint density at radius 1 is 1.67 bits per heavy atom. The summed E-state index contributed by atoms with van der Waals surface area (Å²) in [5, 5.41) is 0.847. The minimum Gasteiger partial charge on any atom is -0.294 e. The van der Waals surface area contributed by atoms with Crippen molar-refractivity contribution < 1.29 is 4.79 Å². The van der Waals surface area contributed by atoms with Crippen molar-refractivity contribution in [3.63, 3.8) is 0 Å². The second-order valence-electron chi connectivity index (χ2n) is 1.89. The summed E-state index contributed by atoms with van der Waals surface area (Å²) in [6, 6.07) is 0. The van der Waals surface area contributed by atoms with Gasteiger partial charge in [-0.25, -0.2) is 0 Å². The van der Waals surface area contributed by atoms with Crippen LogP contribution in [0.3, 0.4) is 0 Å². The topological polar surface area (TPSA) is 29.4 Å². The molecule has 0 unspecified atom stereocenters. The van der Waals surface area contributed by atoms with E-state index >= 15 is 0 Å². The molecular weight excluding hydrogens is 258 g/mol. The fourth-order valence-corrected chi connectivity index (χ4v) is 2.45. The average molecular weight is 268 g/mol. The maximum atomic E-state index is 11.0. The fraction of sp³-hybridized carbons (Fsp3) is 0.429. The molecule has 0 aliphatic carbocycles. The Morgan fingerprint density at radius 2 is 2.25 bits per heavy atom. The Labute approximate surface area is 89.4 Å². The maximum Gasteiger partial charge on any atom is 0.168 e. The van der Waals surface area contributed by atoms with Crippen LogP contribution in [0.2, 0.25) is 0 Å². The molecule has 0 bridgehead atoms. The molecule has 5 heteroatoms. The summed E-state index contributed by atoms with van der Waals surface area (Å²) >= 11 is 6.32. The van der Waals surface area contributed by atoms with Gasteiger partial charge in [0.15, 0.2) is 5.78 Å². The van der Waals surface area contributed by atoms with E-state index in [1.165, 1.54) is 18.7 Å². The molecule has 0 amide bonds. The minimum atomic E-state index is 0.0216. The minimum absolute atomic E-state index is 0.0216. The molecule has 0 spiro atoms. The van der Waals surface area contributed by atoms with E-state index in [9.17, 15) is 4.79 Å². The van der Waals surface area contributed by atoms with Gasteiger partial charge < -0.3 is 0 Å². The Balaban J connectivity index is 4.43. The molecule has 0 aliphatic rings. The Bertz CT molecular complexity index is 215. The van der Waals surface area contributed by atoms with E-state index in [0.29, 0.717) is 9.51 Å². The van der Waals surface area contributed by atoms with Crippen LogP contribution in [0, 0.1) is 0 Å². The van der Waals surface area contributed by atoms with E-state index < -0.39 is 0 Å². The highest BCUT2D eigenvalue weighted by atomic mass is 79.9. The molecule has 2 nitrogen and oxygen atoms in total. The molecule has 0 atom stereocenters. The lowest BCUT2D eigenvalue weighted by atomic mass is 10.4. The molecule has 0 saturated heterocycles. The standard InChI is InChI=1S/C7H10BrNOS2/c1-5(10)6(7(8)9-2)12-4-11-3/h2,4H2,1,3H3/b7-6-. The first-order valence-corrected chi connectivity index (χ1v) is 6.30. The first-order chi connectivity index (χ1) is 5.63. The van der Waals surface area contributed by atoms with Crippen molar-refractivity contribution in [1.29, 1.82) is 0 Å². The largest absolute Gasteiger partial charge is 0.294 e. The van der Waals surface area contributed by atoms with Crippen LogP contribution in [0.25, 0.3) is 0 Å². The van der Waals surface area contributed by atoms with E-state index in [0.717, 1.165) is 5.08 Å². The van der Waals surface area contributed by atoms with Gasteiger partial charge in [-0.2, -0.15) is 11.8 Å². The number of carbonyl (C=O) groups excluding carboxylic acids is 1. The quantitative estimate of drug-likeness (QED) is 0.332. The SMILES string of the molecule is C=N/C(Br)=C(\SCSC)C(C)=O. The monoisotopic (exact) mass is 267 g/mol. The zero-order valence-electron chi connectivity index (χ0n) is 6.96. The summed E-state index contributed by atoms with van der Waals surface area (Å²) in [6.45, 7) is 4.87. The summed E-state index contributed by atoms with van der Waals surface area (Å²) in [7, 11) is 0. The van der Waals surface area contributed by atoms with E-state index in [4.69, 9.17) is 0 Å². The number of carbonyl (C=O) groups is 1. The van der Waals surface area contributed by atoms with Crippen molar-refractivity contribution in [3.8, 4) is 0 Å². The number of rotatable bonds is 5. The summed E-state index contributed by atoms with van der Waals surface area (Å²) in [5.74, 6) is 0.0216. The lowest BCUT2D eigenvalue weighted by Crippen LogP contribution is -1.94. The van der Waals surface area contributed by atoms with Gasteiger partial charge in [0.1, 0.15) is 4.61 Å². The second-order valence-corrected chi connectivity index (χ2v) is 4.85. The maximum absolute atomic E-state index is 11.0. The van der Waals surface area contributed by atoms with Gasteiger partial charge in [-0.15, -0.1) is 11.8 Å². The third-order valence-corrected chi connectivity index (χ3v) is 4.06. The van der Waals surface area contributed by atoms with Crippen molar-refractivity contribution >= 4 is 52.0 Å². The smallest absolute Gasteiger partial charge is 0.168 e. The summed E-state index contributed by atoms with van der Waals surface area (Å²) in [6.07, 6.45) is 1.99. The number of nitrogens with zero attached hydrogens (tertiary/aromatic N) is 1. The van der Waals surface area contributed by atoms with E-state index in [1.807, 2.05) is 6.26 Å². The molecule has 0 aromatic rings. The summed E-state index contributed by atoms with van der Waals surface area (Å²) in [5.41, 5.74) is 0. The van der Waals surface area contributed by atoms with E-state index in [-0.39, 0.29) is 5.78 Å². The number of allylic oxidation sites excluding steroid dienone is 1. The number of hydrogen-bond donors (Lipinski definition) is 0. The van der Waals surface area contributed by atoms with Crippen LogP contribution in [-0.4, -0.2) is 23.8 Å². The highest BCUT2D eigenvalue weighted by Crippen LogP contribution is 2.27. The Kier molecular flexibility index (Phi) is 6.89. The highest BCUT2D eigenvalue weighted by molar-refractivity contribution is 9.11. The van der Waals surface area contributed by atoms with Gasteiger partial charge in [-0.05, 0) is 35.8 Å². The van der Waals surface area contributed by atoms with Crippen molar-refractivity contribution in [2.75, 3.05) is 11.3 Å². The molecule has 0 saturated carbocycles. The van der Waals surface area contributed by atoms with Crippen LogP contribution < -0.4 is 0 Å². The molecule has 0 rings (SSSR count). The average Bonchev–Trinajstić information content (AvgIpc) is 2.04. The van der Waals surface area contributed by atoms with Crippen molar-refractivity contribution in [2.45, 2.75) is 6.92 Å². The van der Waals surface area contributed by atoms with Gasteiger partial charge in [0, 0.05) is 5.08 Å².